The number of aliphatic hydroxyl groups is 1. The fraction of sp³-hybridized carbons (Fsp3) is 0.714. The Morgan fingerprint density at radius 1 is 1.54 bits per heavy atom. The third kappa shape index (κ3) is 6.41. The van der Waals surface area contributed by atoms with Gasteiger partial charge in [-0.05, 0) is 12.2 Å². The molecule has 1 amide bonds. The molecule has 5 nitrogen and oxygen atoms in total. The van der Waals surface area contributed by atoms with E-state index in [2.05, 4.69) is 5.32 Å². The van der Waals surface area contributed by atoms with Crippen LogP contribution in [0.3, 0.4) is 0 Å². The molecule has 76 valence electrons. The maximum absolute atomic E-state index is 10.5. The van der Waals surface area contributed by atoms with Crippen molar-refractivity contribution in [2.24, 2.45) is 0 Å². The molecule has 0 aliphatic rings. The molecule has 0 rings (SSSR count). The molecule has 0 heterocycles. The lowest BCUT2D eigenvalue weighted by molar-refractivity contribution is -0.140. The Balaban J connectivity index is 3.56. The van der Waals surface area contributed by atoms with Crippen LogP contribution in [-0.4, -0.2) is 46.7 Å². The molecule has 3 N–H and O–H groups in total. The first kappa shape index (κ1) is 12.2. The average Bonchev–Trinajstić information content (AvgIpc) is 2.10. The minimum atomic E-state index is -1.03. The first-order valence-electron chi connectivity index (χ1n) is 3.83. The fourth-order valence-electron chi connectivity index (χ4n) is 0.728. The molecule has 0 fully saturated rings. The summed E-state index contributed by atoms with van der Waals surface area (Å²) in [5.74, 6) is 0.169. The van der Waals surface area contributed by atoms with Gasteiger partial charge in [0, 0.05) is 5.75 Å². The van der Waals surface area contributed by atoms with E-state index in [1.807, 2.05) is 0 Å². The minimum absolute atomic E-state index is 0.0868. The van der Waals surface area contributed by atoms with Crippen LogP contribution in [0.15, 0.2) is 0 Å². The van der Waals surface area contributed by atoms with Gasteiger partial charge in [0.15, 0.2) is 0 Å². The number of hydrogen-bond donors (Lipinski definition) is 3. The number of rotatable bonds is 8. The van der Waals surface area contributed by atoms with Crippen LogP contribution in [-0.2, 0) is 9.59 Å². The molecule has 0 saturated carbocycles. The Kier molecular flexibility index (Phi) is 7.42. The van der Waals surface area contributed by atoms with E-state index >= 15 is 0 Å². The number of nitrogens with one attached hydrogen (secondary N) is 1. The number of thioether (sulfide) groups is 1. The van der Waals surface area contributed by atoms with Crippen molar-refractivity contribution in [2.45, 2.75) is 12.5 Å². The van der Waals surface area contributed by atoms with Crippen LogP contribution < -0.4 is 5.32 Å². The Morgan fingerprint density at radius 3 is 2.69 bits per heavy atom. The number of aliphatic carboxylic acids is 1. The van der Waals surface area contributed by atoms with Gasteiger partial charge in [-0.2, -0.15) is 11.8 Å². The zero-order chi connectivity index (χ0) is 10.1. The lowest BCUT2D eigenvalue weighted by Gasteiger charge is -2.09. The normalized spacial score (nSPS) is 12.1. The lowest BCUT2D eigenvalue weighted by Crippen LogP contribution is -2.36. The third-order valence-corrected chi connectivity index (χ3v) is 2.35. The van der Waals surface area contributed by atoms with Crippen LogP contribution in [0.2, 0.25) is 0 Å². The fourth-order valence-corrected chi connectivity index (χ4v) is 1.46. The van der Waals surface area contributed by atoms with E-state index in [0.29, 0.717) is 24.3 Å². The number of amides is 1. The van der Waals surface area contributed by atoms with E-state index in [-0.39, 0.29) is 6.61 Å². The molecule has 0 radical (unpaired) electrons. The second-order valence-corrected chi connectivity index (χ2v) is 3.52. The van der Waals surface area contributed by atoms with Crippen LogP contribution >= 0.6 is 11.8 Å². The van der Waals surface area contributed by atoms with Gasteiger partial charge in [-0.25, -0.2) is 4.79 Å². The Hall–Kier alpha value is -0.750. The number of carboxylic acids is 1. The van der Waals surface area contributed by atoms with E-state index in [1.165, 1.54) is 11.8 Å². The highest BCUT2D eigenvalue weighted by Crippen LogP contribution is 2.04. The smallest absolute Gasteiger partial charge is 0.326 e. The maximum atomic E-state index is 10.5. The van der Waals surface area contributed by atoms with Gasteiger partial charge in [0.05, 0.1) is 6.61 Å². The lowest BCUT2D eigenvalue weighted by atomic mass is 10.2. The summed E-state index contributed by atoms with van der Waals surface area (Å²) in [5, 5.41) is 19.2. The standard InChI is InChI=1S/C7H13NO4S/c9-2-4-13-3-1-6(7(11)12)8-5-10/h5-6,9H,1-4H2,(H,8,10)(H,11,12). The Bertz CT molecular complexity index is 165. The molecule has 6 heteroatoms. The minimum Gasteiger partial charge on any atom is -0.480 e. The SMILES string of the molecule is O=CNC(CCSCCO)C(=O)O. The molecule has 0 aromatic heterocycles. The number of hydrogen-bond acceptors (Lipinski definition) is 4. The van der Waals surface area contributed by atoms with E-state index in [9.17, 15) is 9.59 Å². The van der Waals surface area contributed by atoms with Crippen molar-refractivity contribution in [2.75, 3.05) is 18.1 Å². The number of carboxylic acid groups (broad SMARTS) is 1. The second-order valence-electron chi connectivity index (χ2n) is 2.30. The van der Waals surface area contributed by atoms with E-state index in [4.69, 9.17) is 10.2 Å². The summed E-state index contributed by atoms with van der Waals surface area (Å²) in [6, 6.07) is -0.816. The summed E-state index contributed by atoms with van der Waals surface area (Å²) in [6.07, 6.45) is 0.758. The summed E-state index contributed by atoms with van der Waals surface area (Å²) in [4.78, 5) is 20.5. The van der Waals surface area contributed by atoms with Gasteiger partial charge in [-0.1, -0.05) is 0 Å². The molecular formula is C7H13NO4S. The van der Waals surface area contributed by atoms with Gasteiger partial charge < -0.3 is 15.5 Å². The van der Waals surface area contributed by atoms with E-state index in [0.717, 1.165) is 0 Å². The van der Waals surface area contributed by atoms with E-state index in [1.54, 1.807) is 0 Å². The summed E-state index contributed by atoms with van der Waals surface area (Å²) in [6.45, 7) is 0.0868. The van der Waals surface area contributed by atoms with Crippen molar-refractivity contribution in [1.82, 2.24) is 5.32 Å². The van der Waals surface area contributed by atoms with Gasteiger partial charge in [0.1, 0.15) is 6.04 Å². The zero-order valence-corrected chi connectivity index (χ0v) is 7.92. The average molecular weight is 207 g/mol. The van der Waals surface area contributed by atoms with Crippen LogP contribution in [0.1, 0.15) is 6.42 Å². The van der Waals surface area contributed by atoms with Crippen LogP contribution in [0, 0.1) is 0 Å². The van der Waals surface area contributed by atoms with Gasteiger partial charge in [-0.3, -0.25) is 4.79 Å². The van der Waals surface area contributed by atoms with Crippen molar-refractivity contribution in [1.29, 1.82) is 0 Å². The predicted octanol–water partition coefficient (Wildman–Crippen LogP) is -0.699. The van der Waals surface area contributed by atoms with Crippen LogP contribution in [0.5, 0.6) is 0 Å². The monoisotopic (exact) mass is 207 g/mol. The quantitative estimate of drug-likeness (QED) is 0.362. The summed E-state index contributed by atoms with van der Waals surface area (Å²) >= 11 is 1.46. The van der Waals surface area contributed by atoms with Crippen molar-refractivity contribution in [3.05, 3.63) is 0 Å². The van der Waals surface area contributed by atoms with Crippen molar-refractivity contribution in [3.8, 4) is 0 Å². The summed E-state index contributed by atoms with van der Waals surface area (Å²) < 4.78 is 0. The summed E-state index contributed by atoms with van der Waals surface area (Å²) in [5.41, 5.74) is 0. The van der Waals surface area contributed by atoms with Crippen LogP contribution in [0.4, 0.5) is 0 Å². The van der Waals surface area contributed by atoms with Crippen molar-refractivity contribution >= 4 is 24.1 Å². The summed E-state index contributed by atoms with van der Waals surface area (Å²) in [7, 11) is 0. The molecule has 0 bridgehead atoms. The van der Waals surface area contributed by atoms with Crippen molar-refractivity contribution < 1.29 is 19.8 Å². The molecule has 1 atom stereocenters. The molecule has 0 aromatic carbocycles. The number of aliphatic hydroxyl groups excluding tert-OH is 1. The second kappa shape index (κ2) is 7.88. The third-order valence-electron chi connectivity index (χ3n) is 1.35. The molecule has 13 heavy (non-hydrogen) atoms. The molecule has 0 aliphatic heterocycles. The highest BCUT2D eigenvalue weighted by Gasteiger charge is 2.14. The highest BCUT2D eigenvalue weighted by atomic mass is 32.2. The highest BCUT2D eigenvalue weighted by molar-refractivity contribution is 7.99. The molecule has 1 unspecified atom stereocenters. The first-order valence-corrected chi connectivity index (χ1v) is 4.99. The topological polar surface area (TPSA) is 86.6 Å². The van der Waals surface area contributed by atoms with Gasteiger partial charge >= 0.3 is 5.97 Å². The Labute approximate surface area is 80.5 Å². The molecule has 0 spiro atoms. The molecular weight excluding hydrogens is 194 g/mol. The van der Waals surface area contributed by atoms with Crippen molar-refractivity contribution in [3.63, 3.8) is 0 Å². The predicted molar refractivity (Wildman–Crippen MR) is 49.7 cm³/mol. The largest absolute Gasteiger partial charge is 0.480 e. The van der Waals surface area contributed by atoms with Gasteiger partial charge in [0.2, 0.25) is 6.41 Å². The molecule has 0 saturated heterocycles. The van der Waals surface area contributed by atoms with Gasteiger partial charge in [-0.15, -0.1) is 0 Å². The van der Waals surface area contributed by atoms with Gasteiger partial charge in [0.25, 0.3) is 0 Å². The van der Waals surface area contributed by atoms with Crippen LogP contribution in [0.25, 0.3) is 0 Å². The van der Waals surface area contributed by atoms with E-state index < -0.39 is 12.0 Å². The molecule has 0 aromatic rings. The number of carbonyl (C=O) groups is 2. The molecule has 0 aliphatic carbocycles. The maximum Gasteiger partial charge on any atom is 0.326 e. The number of carbonyl (C=O) groups excluding carboxylic acids is 1. The first-order chi connectivity index (χ1) is 6.22. The zero-order valence-electron chi connectivity index (χ0n) is 7.10. The Morgan fingerprint density at radius 2 is 2.23 bits per heavy atom.